The molecule has 1 aromatic heterocycles. The maximum atomic E-state index is 15.5. The molecule has 0 saturated carbocycles. The van der Waals surface area contributed by atoms with Crippen LogP contribution in [-0.4, -0.2) is 48.4 Å². The average Bonchev–Trinajstić information content (AvgIpc) is 4.15. The highest BCUT2D eigenvalue weighted by molar-refractivity contribution is 9.10. The molecule has 8 rings (SSSR count). The van der Waals surface area contributed by atoms with Gasteiger partial charge in [0.05, 0.1) is 43.4 Å². The fourth-order valence-corrected chi connectivity index (χ4v) is 9.17. The summed E-state index contributed by atoms with van der Waals surface area (Å²) in [7, 11) is 2.10. The predicted molar refractivity (Wildman–Crippen MR) is 278 cm³/mol. The molecular weight excluding hydrogens is 937 g/mol. The molecule has 0 bridgehead atoms. The standard InChI is InChI=1S/C58H56BrF2N3O5/c1-5-7-14-43-35-44(36-55-57(43)52-15-10-11-16-54(52)64(55)4)39(3)63-62-37-45-34-42(51-29-18-40(33-53(51)59)17-24-49-38-68-49)21-30-50(45)41-19-25-48(26-20-41)69-58(60,61)46-22-27-47(28-23-46)66-31-12-8-9-13-32-67-56(65)6-2/h5-6,10-11,15-16,18-23,25-30,33-37,49H,1-2,7-9,12-14,17,24,31-32,38H2,3-4H3/b62-37+,63-39+. The molecule has 1 saturated heterocycles. The first kappa shape index (κ1) is 48.8. The van der Waals surface area contributed by atoms with Crippen LogP contribution < -0.4 is 9.47 Å². The molecule has 69 heavy (non-hydrogen) atoms. The number of ether oxygens (including phenoxy) is 4. The zero-order chi connectivity index (χ0) is 48.3. The van der Waals surface area contributed by atoms with E-state index < -0.39 is 12.1 Å². The number of carbonyl (C=O) groups excluding carboxylic acids is 1. The molecule has 0 aliphatic carbocycles. The molecule has 6 aromatic carbocycles. The van der Waals surface area contributed by atoms with Gasteiger partial charge in [0.2, 0.25) is 0 Å². The van der Waals surface area contributed by atoms with Gasteiger partial charge in [-0.05, 0) is 164 Å². The first-order chi connectivity index (χ1) is 33.5. The second-order valence-corrected chi connectivity index (χ2v) is 18.1. The normalized spacial score (nSPS) is 13.8. The number of alkyl halides is 2. The lowest BCUT2D eigenvalue weighted by Gasteiger charge is -2.19. The smallest absolute Gasteiger partial charge is 0.426 e. The third-order valence-electron chi connectivity index (χ3n) is 12.4. The van der Waals surface area contributed by atoms with Crippen molar-refractivity contribution in [1.29, 1.82) is 0 Å². The third kappa shape index (κ3) is 12.3. The van der Waals surface area contributed by atoms with Crippen LogP contribution in [0.3, 0.4) is 0 Å². The topological polar surface area (TPSA) is 86.9 Å². The molecule has 1 aliphatic heterocycles. The monoisotopic (exact) mass is 991 g/mol. The number of esters is 1. The molecule has 0 spiro atoms. The van der Waals surface area contributed by atoms with E-state index in [9.17, 15) is 4.79 Å². The Morgan fingerprint density at radius 3 is 2.30 bits per heavy atom. The van der Waals surface area contributed by atoms with Crippen molar-refractivity contribution in [3.05, 3.63) is 179 Å². The molecule has 2 heterocycles. The Kier molecular flexibility index (Phi) is 16.0. The number of nitrogens with zero attached hydrogens (tertiary/aromatic N) is 3. The minimum absolute atomic E-state index is 0.0169. The first-order valence-electron chi connectivity index (χ1n) is 23.4. The van der Waals surface area contributed by atoms with Crippen LogP contribution in [0.5, 0.6) is 11.5 Å². The summed E-state index contributed by atoms with van der Waals surface area (Å²) in [5.74, 6) is 0.0810. The molecule has 1 aliphatic rings. The molecular formula is C58H56BrF2N3O5. The van der Waals surface area contributed by atoms with E-state index in [0.29, 0.717) is 25.1 Å². The number of epoxide rings is 1. The van der Waals surface area contributed by atoms with E-state index in [-0.39, 0.29) is 11.3 Å². The molecule has 7 aromatic rings. The Morgan fingerprint density at radius 2 is 1.57 bits per heavy atom. The quantitative estimate of drug-likeness (QED) is 0.0121. The molecule has 0 radical (unpaired) electrons. The molecule has 0 amide bonds. The minimum Gasteiger partial charge on any atom is -0.494 e. The molecule has 11 heteroatoms. The summed E-state index contributed by atoms with van der Waals surface area (Å²) in [6.45, 7) is 11.0. The Morgan fingerprint density at radius 1 is 0.841 bits per heavy atom. The highest BCUT2D eigenvalue weighted by atomic mass is 79.9. The number of carbonyl (C=O) groups is 1. The van der Waals surface area contributed by atoms with Crippen LogP contribution in [0.25, 0.3) is 44.1 Å². The number of aryl methyl sites for hydroxylation is 3. The zero-order valence-corrected chi connectivity index (χ0v) is 40.7. The Bertz CT molecular complexity index is 3010. The number of hydrogen-bond acceptors (Lipinski definition) is 7. The summed E-state index contributed by atoms with van der Waals surface area (Å²) in [5.41, 5.74) is 10.7. The highest BCUT2D eigenvalue weighted by Crippen LogP contribution is 2.37. The van der Waals surface area contributed by atoms with Gasteiger partial charge in [0, 0.05) is 45.0 Å². The van der Waals surface area contributed by atoms with E-state index in [2.05, 4.69) is 113 Å². The molecule has 1 unspecified atom stereocenters. The van der Waals surface area contributed by atoms with Crippen LogP contribution in [0.4, 0.5) is 8.78 Å². The average molecular weight is 993 g/mol. The summed E-state index contributed by atoms with van der Waals surface area (Å²) < 4.78 is 55.8. The summed E-state index contributed by atoms with van der Waals surface area (Å²) >= 11 is 3.84. The van der Waals surface area contributed by atoms with Crippen molar-refractivity contribution in [2.45, 2.75) is 70.5 Å². The Balaban J connectivity index is 1.00. The largest absolute Gasteiger partial charge is 0.494 e. The molecule has 0 N–H and O–H groups in total. The number of unbranched alkanes of at least 4 members (excludes halogenated alkanes) is 3. The second kappa shape index (κ2) is 22.6. The summed E-state index contributed by atoms with van der Waals surface area (Å²) in [6, 6.07) is 37.8. The number of benzene rings is 6. The van der Waals surface area contributed by atoms with Gasteiger partial charge in [-0.1, -0.05) is 83.2 Å². The number of para-hydroxylation sites is 1. The van der Waals surface area contributed by atoms with Crippen molar-refractivity contribution in [2.24, 2.45) is 17.3 Å². The maximum absolute atomic E-state index is 15.5. The lowest BCUT2D eigenvalue weighted by atomic mass is 9.94. The van der Waals surface area contributed by atoms with Gasteiger partial charge in [-0.25, -0.2) is 4.79 Å². The number of fused-ring (bicyclic) bond motifs is 3. The summed E-state index contributed by atoms with van der Waals surface area (Å²) in [5, 5.41) is 11.9. The van der Waals surface area contributed by atoms with Crippen LogP contribution in [0, 0.1) is 0 Å². The predicted octanol–water partition coefficient (Wildman–Crippen LogP) is 14.5. The lowest BCUT2D eigenvalue weighted by molar-refractivity contribution is -0.185. The van der Waals surface area contributed by atoms with E-state index in [0.717, 1.165) is 113 Å². The van der Waals surface area contributed by atoms with E-state index in [1.165, 1.54) is 51.7 Å². The minimum atomic E-state index is -3.59. The van der Waals surface area contributed by atoms with Gasteiger partial charge in [-0.15, -0.1) is 6.58 Å². The number of hydrogen-bond donors (Lipinski definition) is 0. The second-order valence-electron chi connectivity index (χ2n) is 17.3. The van der Waals surface area contributed by atoms with Gasteiger partial charge < -0.3 is 23.5 Å². The summed E-state index contributed by atoms with van der Waals surface area (Å²) in [4.78, 5) is 11.1. The van der Waals surface area contributed by atoms with Crippen molar-refractivity contribution in [2.75, 3.05) is 19.8 Å². The van der Waals surface area contributed by atoms with Crippen LogP contribution in [-0.2, 0) is 40.3 Å². The lowest BCUT2D eigenvalue weighted by Crippen LogP contribution is -2.21. The summed E-state index contributed by atoms with van der Waals surface area (Å²) in [6.07, 6.45) is 8.56. The first-order valence-corrected chi connectivity index (χ1v) is 24.2. The van der Waals surface area contributed by atoms with E-state index in [1.54, 1.807) is 30.5 Å². The van der Waals surface area contributed by atoms with Gasteiger partial charge in [-0.3, -0.25) is 0 Å². The van der Waals surface area contributed by atoms with Crippen molar-refractivity contribution in [1.82, 2.24) is 4.57 Å². The SMILES string of the molecule is C=CCCc1cc(/C(C)=N/N=C/c2cc(-c3ccc(CCC4CO4)cc3Br)ccc2-c2ccc(OC(F)(F)c3ccc(OCCCCCCOC(=O)C=C)cc3)cc2)cc2c1c1ccccc1n2C. The molecule has 1 fully saturated rings. The van der Waals surface area contributed by atoms with Crippen LogP contribution in [0.2, 0.25) is 0 Å². The van der Waals surface area contributed by atoms with E-state index in [1.807, 2.05) is 19.1 Å². The fourth-order valence-electron chi connectivity index (χ4n) is 8.51. The van der Waals surface area contributed by atoms with Crippen molar-refractivity contribution >= 4 is 55.6 Å². The zero-order valence-electron chi connectivity index (χ0n) is 39.1. The van der Waals surface area contributed by atoms with Gasteiger partial charge in [0.1, 0.15) is 11.5 Å². The number of rotatable bonds is 23. The van der Waals surface area contributed by atoms with Gasteiger partial charge in [0.25, 0.3) is 0 Å². The van der Waals surface area contributed by atoms with Crippen LogP contribution >= 0.6 is 15.9 Å². The third-order valence-corrected chi connectivity index (χ3v) is 13.1. The van der Waals surface area contributed by atoms with Crippen molar-refractivity contribution in [3.8, 4) is 33.8 Å². The van der Waals surface area contributed by atoms with Gasteiger partial charge in [-0.2, -0.15) is 19.0 Å². The molecule has 8 nitrogen and oxygen atoms in total. The molecule has 1 atom stereocenters. The van der Waals surface area contributed by atoms with Gasteiger partial charge in [0.15, 0.2) is 0 Å². The highest BCUT2D eigenvalue weighted by Gasteiger charge is 2.34. The number of halogens is 3. The maximum Gasteiger partial charge on any atom is 0.426 e. The van der Waals surface area contributed by atoms with E-state index in [4.69, 9.17) is 24.0 Å². The number of aromatic nitrogens is 1. The van der Waals surface area contributed by atoms with Crippen LogP contribution in [0.1, 0.15) is 73.3 Å². The van der Waals surface area contributed by atoms with Crippen LogP contribution in [0.15, 0.2) is 161 Å². The Hall–Kier alpha value is -6.69. The Labute approximate surface area is 411 Å². The van der Waals surface area contributed by atoms with Crippen molar-refractivity contribution in [3.63, 3.8) is 0 Å². The fraction of sp³-hybridized carbons (Fsp3) is 0.259. The van der Waals surface area contributed by atoms with E-state index >= 15 is 8.78 Å². The molecule has 354 valence electrons. The number of allylic oxidation sites excluding steroid dienone is 1. The van der Waals surface area contributed by atoms with Gasteiger partial charge >= 0.3 is 12.1 Å². The van der Waals surface area contributed by atoms with Crippen molar-refractivity contribution < 1.29 is 32.5 Å².